The van der Waals surface area contributed by atoms with Crippen LogP contribution in [0.3, 0.4) is 0 Å². The molecule has 0 radical (unpaired) electrons. The second-order valence-corrected chi connectivity index (χ2v) is 7.88. The molecule has 1 N–H and O–H groups in total. The summed E-state index contributed by atoms with van der Waals surface area (Å²) in [7, 11) is -3.60. The van der Waals surface area contributed by atoms with Crippen LogP contribution in [0.1, 0.15) is 16.9 Å². The average molecular weight is 326 g/mol. The summed E-state index contributed by atoms with van der Waals surface area (Å²) in [6.07, 6.45) is 2.00. The number of carbonyl (C=O) groups is 1. The monoisotopic (exact) mass is 326 g/mol. The van der Waals surface area contributed by atoms with E-state index in [9.17, 15) is 17.4 Å². The molecule has 19 heavy (non-hydrogen) atoms. The van der Waals surface area contributed by atoms with Gasteiger partial charge >= 0.3 is 5.97 Å². The molecule has 0 fully saturated rings. The Morgan fingerprint density at radius 3 is 2.84 bits per heavy atom. The van der Waals surface area contributed by atoms with Crippen molar-refractivity contribution in [1.29, 1.82) is 0 Å². The lowest BCUT2D eigenvalue weighted by Crippen LogP contribution is -2.26. The second kappa shape index (κ2) is 7.08. The van der Waals surface area contributed by atoms with Crippen LogP contribution < -0.4 is 4.72 Å². The first kappa shape index (κ1) is 16.2. The third kappa shape index (κ3) is 4.64. The van der Waals surface area contributed by atoms with Gasteiger partial charge < -0.3 is 4.74 Å². The third-order valence-corrected chi connectivity index (χ3v) is 5.75. The molecule has 108 valence electrons. The van der Waals surface area contributed by atoms with Crippen LogP contribution in [0.2, 0.25) is 0 Å². The number of rotatable bonds is 7. The van der Waals surface area contributed by atoms with Crippen molar-refractivity contribution in [2.75, 3.05) is 25.7 Å². The SMILES string of the molecule is COC(=O)c1ncsc1S(=O)(=O)NCCCS(C)=O. The molecule has 0 saturated carbocycles. The molecule has 7 nitrogen and oxygen atoms in total. The van der Waals surface area contributed by atoms with Gasteiger partial charge in [0.25, 0.3) is 10.0 Å². The number of carbonyl (C=O) groups excluding carboxylic acids is 1. The Bertz CT molecular complexity index is 566. The Kier molecular flexibility index (Phi) is 6.04. The lowest BCUT2D eigenvalue weighted by Gasteiger charge is -2.05. The van der Waals surface area contributed by atoms with E-state index in [2.05, 4.69) is 14.4 Å². The van der Waals surface area contributed by atoms with Crippen LogP contribution in [0.5, 0.6) is 0 Å². The van der Waals surface area contributed by atoms with Gasteiger partial charge in [0, 0.05) is 29.4 Å². The maximum absolute atomic E-state index is 12.0. The van der Waals surface area contributed by atoms with E-state index in [0.717, 1.165) is 18.4 Å². The van der Waals surface area contributed by atoms with Gasteiger partial charge in [0.15, 0.2) is 9.90 Å². The smallest absolute Gasteiger partial charge is 0.358 e. The summed E-state index contributed by atoms with van der Waals surface area (Å²) in [4.78, 5) is 15.0. The Balaban J connectivity index is 2.75. The summed E-state index contributed by atoms with van der Waals surface area (Å²) in [6.45, 7) is 0.153. The minimum atomic E-state index is -3.79. The lowest BCUT2D eigenvalue weighted by atomic mass is 10.5. The highest BCUT2D eigenvalue weighted by atomic mass is 32.2. The number of hydrogen-bond donors (Lipinski definition) is 1. The highest BCUT2D eigenvalue weighted by Gasteiger charge is 2.25. The van der Waals surface area contributed by atoms with Gasteiger partial charge in [-0.15, -0.1) is 11.3 Å². The number of hydrogen-bond acceptors (Lipinski definition) is 7. The predicted octanol–water partition coefficient (Wildman–Crippen LogP) is -0.0234. The number of aromatic nitrogens is 1. The maximum atomic E-state index is 12.0. The van der Waals surface area contributed by atoms with Crippen molar-refractivity contribution in [2.45, 2.75) is 10.6 Å². The van der Waals surface area contributed by atoms with Crippen LogP contribution >= 0.6 is 11.3 Å². The first-order valence-electron chi connectivity index (χ1n) is 5.20. The molecule has 1 atom stereocenters. The Morgan fingerprint density at radius 1 is 1.58 bits per heavy atom. The molecule has 0 aromatic carbocycles. The predicted molar refractivity (Wildman–Crippen MR) is 72.2 cm³/mol. The van der Waals surface area contributed by atoms with E-state index >= 15 is 0 Å². The molecule has 0 amide bonds. The Morgan fingerprint density at radius 2 is 2.26 bits per heavy atom. The zero-order chi connectivity index (χ0) is 14.5. The topological polar surface area (TPSA) is 102 Å². The number of nitrogens with zero attached hydrogens (tertiary/aromatic N) is 1. The molecule has 0 aliphatic heterocycles. The van der Waals surface area contributed by atoms with E-state index in [1.165, 1.54) is 5.51 Å². The van der Waals surface area contributed by atoms with Crippen LogP contribution in [0, 0.1) is 0 Å². The molecule has 0 spiro atoms. The summed E-state index contributed by atoms with van der Waals surface area (Å²) in [5.41, 5.74) is 1.04. The van der Waals surface area contributed by atoms with Gasteiger partial charge in [0.2, 0.25) is 0 Å². The molecule has 0 aliphatic carbocycles. The molecular weight excluding hydrogens is 312 g/mol. The molecule has 1 rings (SSSR count). The number of methoxy groups -OCH3 is 1. The van der Waals surface area contributed by atoms with Crippen molar-refractivity contribution in [3.05, 3.63) is 11.2 Å². The van der Waals surface area contributed by atoms with E-state index in [1.54, 1.807) is 6.26 Å². The summed E-state index contributed by atoms with van der Waals surface area (Å²) in [5.74, 6) is -0.383. The maximum Gasteiger partial charge on any atom is 0.358 e. The van der Waals surface area contributed by atoms with E-state index in [4.69, 9.17) is 0 Å². The van der Waals surface area contributed by atoms with Gasteiger partial charge in [-0.1, -0.05) is 0 Å². The fourth-order valence-electron chi connectivity index (χ4n) is 1.21. The van der Waals surface area contributed by atoms with Crippen molar-refractivity contribution < 1.29 is 22.2 Å². The highest BCUT2D eigenvalue weighted by molar-refractivity contribution is 7.91. The first-order valence-corrected chi connectivity index (χ1v) is 9.29. The van der Waals surface area contributed by atoms with Gasteiger partial charge in [-0.25, -0.2) is 22.9 Å². The first-order chi connectivity index (χ1) is 8.88. The number of sulfonamides is 1. The van der Waals surface area contributed by atoms with Crippen molar-refractivity contribution in [2.24, 2.45) is 0 Å². The third-order valence-electron chi connectivity index (χ3n) is 2.06. The van der Waals surface area contributed by atoms with E-state index in [0.29, 0.717) is 12.2 Å². The minimum Gasteiger partial charge on any atom is -0.464 e. The van der Waals surface area contributed by atoms with Crippen LogP contribution in [0.15, 0.2) is 9.72 Å². The van der Waals surface area contributed by atoms with Gasteiger partial charge in [0.1, 0.15) is 0 Å². The standard InChI is InChI=1S/C9H14N2O5S3/c1-16-8(12)7-9(17-6-10-7)19(14,15)11-4-3-5-18(2)13/h6,11H,3-5H2,1-2H3. The van der Waals surface area contributed by atoms with Crippen molar-refractivity contribution in [3.8, 4) is 0 Å². The normalized spacial score (nSPS) is 13.2. The van der Waals surface area contributed by atoms with Crippen molar-refractivity contribution in [1.82, 2.24) is 9.71 Å². The molecule has 1 aromatic rings. The summed E-state index contributed by atoms with van der Waals surface area (Å²) < 4.78 is 41.4. The zero-order valence-corrected chi connectivity index (χ0v) is 12.9. The molecule has 0 aliphatic rings. The molecule has 0 bridgehead atoms. The number of nitrogens with one attached hydrogen (secondary N) is 1. The highest BCUT2D eigenvalue weighted by Crippen LogP contribution is 2.20. The lowest BCUT2D eigenvalue weighted by molar-refractivity contribution is 0.0590. The number of esters is 1. The molecule has 1 heterocycles. The zero-order valence-electron chi connectivity index (χ0n) is 10.4. The van der Waals surface area contributed by atoms with Crippen molar-refractivity contribution in [3.63, 3.8) is 0 Å². The largest absolute Gasteiger partial charge is 0.464 e. The average Bonchev–Trinajstić information content (AvgIpc) is 2.83. The molecule has 0 saturated heterocycles. The van der Waals surface area contributed by atoms with E-state index in [1.807, 2.05) is 0 Å². The quantitative estimate of drug-likeness (QED) is 0.558. The molecule has 10 heteroatoms. The summed E-state index contributed by atoms with van der Waals surface area (Å²) in [5, 5.41) is 0. The Hall–Kier alpha value is -0.840. The minimum absolute atomic E-state index is 0.153. The van der Waals surface area contributed by atoms with Crippen LogP contribution in [-0.2, 0) is 25.6 Å². The summed E-state index contributed by atoms with van der Waals surface area (Å²) >= 11 is 0.842. The van der Waals surface area contributed by atoms with Gasteiger partial charge in [0.05, 0.1) is 12.6 Å². The van der Waals surface area contributed by atoms with Crippen LogP contribution in [-0.4, -0.2) is 49.2 Å². The fourth-order valence-corrected chi connectivity index (χ4v) is 4.01. The van der Waals surface area contributed by atoms with Gasteiger partial charge in [-0.3, -0.25) is 4.21 Å². The van der Waals surface area contributed by atoms with Gasteiger partial charge in [-0.05, 0) is 6.42 Å². The molecular formula is C9H14N2O5S3. The number of ether oxygens (including phenoxy) is 1. The van der Waals surface area contributed by atoms with E-state index in [-0.39, 0.29) is 16.4 Å². The van der Waals surface area contributed by atoms with Crippen LogP contribution in [0.25, 0.3) is 0 Å². The van der Waals surface area contributed by atoms with Gasteiger partial charge in [-0.2, -0.15) is 0 Å². The van der Waals surface area contributed by atoms with E-state index < -0.39 is 26.8 Å². The molecule has 1 aromatic heterocycles. The Labute approximate surface area is 117 Å². The van der Waals surface area contributed by atoms with Crippen LogP contribution in [0.4, 0.5) is 0 Å². The molecule has 1 unspecified atom stereocenters. The second-order valence-electron chi connectivity index (χ2n) is 3.51. The summed E-state index contributed by atoms with van der Waals surface area (Å²) in [6, 6.07) is 0. The van der Waals surface area contributed by atoms with Crippen molar-refractivity contribution >= 4 is 38.1 Å². The number of thiazole rings is 1. The fraction of sp³-hybridized carbons (Fsp3) is 0.556.